The van der Waals surface area contributed by atoms with Crippen molar-refractivity contribution in [2.45, 2.75) is 30.7 Å². The molecule has 1 aromatic carbocycles. The third-order valence-electron chi connectivity index (χ3n) is 3.06. The van der Waals surface area contributed by atoms with E-state index in [9.17, 15) is 8.42 Å². The molecule has 1 atom stereocenters. The number of hydrogen-bond donors (Lipinski definition) is 1. The maximum Gasteiger partial charge on any atom is 0.242 e. The van der Waals surface area contributed by atoms with E-state index in [0.717, 1.165) is 11.3 Å². The van der Waals surface area contributed by atoms with Gasteiger partial charge in [-0.2, -0.15) is 5.26 Å². The molecule has 21 heavy (non-hydrogen) atoms. The molecule has 2 rings (SSSR count). The minimum absolute atomic E-state index is 0.0326. The van der Waals surface area contributed by atoms with Crippen molar-refractivity contribution in [3.63, 3.8) is 0 Å². The van der Waals surface area contributed by atoms with Gasteiger partial charge in [-0.05, 0) is 30.0 Å². The molecule has 0 aliphatic heterocycles. The molecule has 0 amide bonds. The van der Waals surface area contributed by atoms with Gasteiger partial charge < -0.3 is 0 Å². The summed E-state index contributed by atoms with van der Waals surface area (Å²) in [4.78, 5) is 1.01. The molecule has 110 valence electrons. The number of sulfonamides is 1. The van der Waals surface area contributed by atoms with E-state index < -0.39 is 10.0 Å². The number of rotatable bonds is 6. The van der Waals surface area contributed by atoms with Crippen molar-refractivity contribution in [2.75, 3.05) is 0 Å². The topological polar surface area (TPSA) is 70.0 Å². The lowest BCUT2D eigenvalue weighted by atomic mass is 10.1. The van der Waals surface area contributed by atoms with Crippen LogP contribution >= 0.6 is 11.3 Å². The first-order valence-electron chi connectivity index (χ1n) is 6.63. The summed E-state index contributed by atoms with van der Waals surface area (Å²) in [5, 5.41) is 11.0. The molecule has 6 heteroatoms. The van der Waals surface area contributed by atoms with Crippen LogP contribution in [0.1, 0.15) is 36.2 Å². The van der Waals surface area contributed by atoms with Gasteiger partial charge in [0.05, 0.1) is 16.5 Å². The predicted molar refractivity (Wildman–Crippen MR) is 83.4 cm³/mol. The van der Waals surface area contributed by atoms with E-state index in [-0.39, 0.29) is 16.5 Å². The van der Waals surface area contributed by atoms with Crippen molar-refractivity contribution < 1.29 is 8.42 Å². The summed E-state index contributed by atoms with van der Waals surface area (Å²) < 4.78 is 27.8. The Morgan fingerprint density at radius 1 is 1.29 bits per heavy atom. The first-order chi connectivity index (χ1) is 10.1. The number of nitrogens with one attached hydrogen (secondary N) is 1. The molecule has 1 unspecified atom stereocenters. The zero-order chi connectivity index (χ0) is 15.3. The SMILES string of the molecule is CCCC(NS(=O)(=O)c1ccccc1C#N)c1cccs1. The fraction of sp³-hybridized carbons (Fsp3) is 0.267. The Morgan fingerprint density at radius 3 is 2.67 bits per heavy atom. The van der Waals surface area contributed by atoms with E-state index in [4.69, 9.17) is 5.26 Å². The van der Waals surface area contributed by atoms with Gasteiger partial charge in [-0.1, -0.05) is 31.5 Å². The minimum Gasteiger partial charge on any atom is -0.207 e. The molecule has 0 fully saturated rings. The summed E-state index contributed by atoms with van der Waals surface area (Å²) in [6.07, 6.45) is 1.58. The molecule has 0 saturated carbocycles. The van der Waals surface area contributed by atoms with Crippen molar-refractivity contribution in [1.29, 1.82) is 5.26 Å². The summed E-state index contributed by atoms with van der Waals surface area (Å²) >= 11 is 1.52. The molecule has 1 heterocycles. The number of hydrogen-bond acceptors (Lipinski definition) is 4. The molecular weight excluding hydrogens is 304 g/mol. The highest BCUT2D eigenvalue weighted by Gasteiger charge is 2.23. The van der Waals surface area contributed by atoms with Crippen LogP contribution < -0.4 is 4.72 Å². The van der Waals surface area contributed by atoms with E-state index in [1.165, 1.54) is 23.5 Å². The maximum atomic E-state index is 12.5. The van der Waals surface area contributed by atoms with Crippen molar-refractivity contribution in [3.05, 3.63) is 52.2 Å². The standard InChI is InChI=1S/C15H16N2O2S2/c1-2-6-13(14-8-5-10-20-14)17-21(18,19)15-9-4-3-7-12(15)11-16/h3-5,7-10,13,17H,2,6H2,1H3. The molecule has 0 bridgehead atoms. The van der Waals surface area contributed by atoms with Crippen molar-refractivity contribution >= 4 is 21.4 Å². The van der Waals surface area contributed by atoms with Crippen LogP contribution in [0.15, 0.2) is 46.7 Å². The average Bonchev–Trinajstić information content (AvgIpc) is 3.01. The summed E-state index contributed by atoms with van der Waals surface area (Å²) in [5.41, 5.74) is 0.159. The maximum absolute atomic E-state index is 12.5. The molecule has 0 radical (unpaired) electrons. The second-order valence-electron chi connectivity index (χ2n) is 4.59. The normalized spacial score (nSPS) is 12.8. The van der Waals surface area contributed by atoms with Crippen molar-refractivity contribution in [1.82, 2.24) is 4.72 Å². The molecule has 1 aromatic heterocycles. The smallest absolute Gasteiger partial charge is 0.207 e. The summed E-state index contributed by atoms with van der Waals surface area (Å²) in [6.45, 7) is 2.01. The largest absolute Gasteiger partial charge is 0.242 e. The Kier molecular flexibility index (Phi) is 5.12. The van der Waals surface area contributed by atoms with Crippen LogP contribution in [-0.2, 0) is 10.0 Å². The first kappa shape index (κ1) is 15.7. The lowest BCUT2D eigenvalue weighted by Crippen LogP contribution is -2.28. The second kappa shape index (κ2) is 6.85. The van der Waals surface area contributed by atoms with Crippen LogP contribution in [0, 0.1) is 11.3 Å². The average molecular weight is 320 g/mol. The van der Waals surface area contributed by atoms with Crippen LogP contribution in [0.3, 0.4) is 0 Å². The fourth-order valence-electron chi connectivity index (χ4n) is 2.08. The summed E-state index contributed by atoms with van der Waals surface area (Å²) in [7, 11) is -3.72. The highest BCUT2D eigenvalue weighted by molar-refractivity contribution is 7.89. The van der Waals surface area contributed by atoms with Crippen LogP contribution in [0.4, 0.5) is 0 Å². The Balaban J connectivity index is 2.33. The molecule has 0 aliphatic carbocycles. The van der Waals surface area contributed by atoms with E-state index in [2.05, 4.69) is 4.72 Å². The summed E-state index contributed by atoms with van der Waals surface area (Å²) in [6, 6.07) is 11.7. The van der Waals surface area contributed by atoms with E-state index in [1.807, 2.05) is 30.5 Å². The van der Waals surface area contributed by atoms with Gasteiger partial charge in [0.1, 0.15) is 6.07 Å². The van der Waals surface area contributed by atoms with Crippen LogP contribution in [0.2, 0.25) is 0 Å². The number of thiophene rings is 1. The predicted octanol–water partition coefficient (Wildman–Crippen LogP) is 3.44. The van der Waals surface area contributed by atoms with Gasteiger partial charge in [0.25, 0.3) is 0 Å². The van der Waals surface area contributed by atoms with E-state index in [0.29, 0.717) is 6.42 Å². The Morgan fingerprint density at radius 2 is 2.05 bits per heavy atom. The summed E-state index contributed by atoms with van der Waals surface area (Å²) in [5.74, 6) is 0. The van der Waals surface area contributed by atoms with Gasteiger partial charge in [0, 0.05) is 4.88 Å². The monoisotopic (exact) mass is 320 g/mol. The van der Waals surface area contributed by atoms with Crippen molar-refractivity contribution in [2.24, 2.45) is 0 Å². The number of nitrogens with zero attached hydrogens (tertiary/aromatic N) is 1. The van der Waals surface area contributed by atoms with Gasteiger partial charge in [-0.15, -0.1) is 11.3 Å². The van der Waals surface area contributed by atoms with Crippen LogP contribution in [0.25, 0.3) is 0 Å². The third-order valence-corrected chi connectivity index (χ3v) is 5.57. The van der Waals surface area contributed by atoms with Gasteiger partial charge in [0.2, 0.25) is 10.0 Å². The zero-order valence-corrected chi connectivity index (χ0v) is 13.2. The lowest BCUT2D eigenvalue weighted by molar-refractivity contribution is 0.540. The van der Waals surface area contributed by atoms with Crippen molar-refractivity contribution in [3.8, 4) is 6.07 Å². The zero-order valence-electron chi connectivity index (χ0n) is 11.6. The molecule has 0 saturated heterocycles. The lowest BCUT2D eigenvalue weighted by Gasteiger charge is -2.17. The molecule has 1 N–H and O–H groups in total. The minimum atomic E-state index is -3.72. The molecular formula is C15H16N2O2S2. The highest BCUT2D eigenvalue weighted by atomic mass is 32.2. The van der Waals surface area contributed by atoms with Gasteiger partial charge >= 0.3 is 0 Å². The molecule has 0 spiro atoms. The van der Waals surface area contributed by atoms with Crippen LogP contribution in [0.5, 0.6) is 0 Å². The van der Waals surface area contributed by atoms with Gasteiger partial charge in [-0.3, -0.25) is 0 Å². The fourth-order valence-corrected chi connectivity index (χ4v) is 4.38. The third kappa shape index (κ3) is 3.70. The molecule has 2 aromatic rings. The quantitative estimate of drug-likeness (QED) is 0.886. The molecule has 0 aliphatic rings. The van der Waals surface area contributed by atoms with E-state index >= 15 is 0 Å². The Labute approximate surface area is 129 Å². The van der Waals surface area contributed by atoms with E-state index in [1.54, 1.807) is 12.1 Å². The Bertz CT molecular complexity index is 731. The molecule has 4 nitrogen and oxygen atoms in total. The van der Waals surface area contributed by atoms with Crippen LogP contribution in [-0.4, -0.2) is 8.42 Å². The number of nitriles is 1. The number of benzene rings is 1. The highest BCUT2D eigenvalue weighted by Crippen LogP contribution is 2.26. The Hall–Kier alpha value is -1.68. The second-order valence-corrected chi connectivity index (χ2v) is 7.25. The first-order valence-corrected chi connectivity index (χ1v) is 8.99. The van der Waals surface area contributed by atoms with Gasteiger partial charge in [0.15, 0.2) is 0 Å². The van der Waals surface area contributed by atoms with Gasteiger partial charge in [-0.25, -0.2) is 13.1 Å².